The molecule has 3 rings (SSSR count). The summed E-state index contributed by atoms with van der Waals surface area (Å²) in [6.07, 6.45) is 3.86. The number of sulfone groups is 1. The van der Waals surface area contributed by atoms with Crippen LogP contribution in [0.2, 0.25) is 0 Å². The van der Waals surface area contributed by atoms with Gasteiger partial charge in [0.25, 0.3) is 0 Å². The molecular weight excluding hydrogens is 366 g/mol. The van der Waals surface area contributed by atoms with Crippen LogP contribution in [0.4, 0.5) is 8.78 Å². The molecule has 0 radical (unpaired) electrons. The quantitative estimate of drug-likeness (QED) is 0.748. The lowest BCUT2D eigenvalue weighted by atomic mass is 9.99. The van der Waals surface area contributed by atoms with Crippen molar-refractivity contribution >= 4 is 9.84 Å². The average molecular weight is 380 g/mol. The fraction of sp³-hybridized carbons (Fsp3) is 0.176. The third kappa shape index (κ3) is 3.23. The number of benzene rings is 1. The van der Waals surface area contributed by atoms with Gasteiger partial charge in [-0.3, -0.25) is 4.98 Å². The first-order chi connectivity index (χ1) is 12.2. The highest BCUT2D eigenvalue weighted by Crippen LogP contribution is 2.37. The first-order valence-corrected chi connectivity index (χ1v) is 9.32. The fourth-order valence-electron chi connectivity index (χ4n) is 2.60. The maximum absolute atomic E-state index is 14.6. The highest BCUT2D eigenvalue weighted by molar-refractivity contribution is 7.90. The van der Waals surface area contributed by atoms with Gasteiger partial charge in [0, 0.05) is 29.8 Å². The smallest absolute Gasteiger partial charge is 0.178 e. The molecule has 26 heavy (non-hydrogen) atoms. The van der Waals surface area contributed by atoms with Crippen molar-refractivity contribution in [1.82, 2.24) is 10.1 Å². The topological polar surface area (TPSA) is 93.3 Å². The Bertz CT molecular complexity index is 1090. The summed E-state index contributed by atoms with van der Waals surface area (Å²) in [7, 11) is -3.94. The fourth-order valence-corrected chi connectivity index (χ4v) is 3.33. The molecule has 2 heterocycles. The number of aliphatic hydroxyl groups is 1. The van der Waals surface area contributed by atoms with E-state index < -0.39 is 33.0 Å². The van der Waals surface area contributed by atoms with E-state index >= 15 is 0 Å². The van der Waals surface area contributed by atoms with E-state index in [0.29, 0.717) is 11.6 Å². The van der Waals surface area contributed by atoms with Crippen LogP contribution in [0, 0.1) is 18.6 Å². The Labute approximate surface area is 148 Å². The Kier molecular flexibility index (Phi) is 4.59. The van der Waals surface area contributed by atoms with Crippen LogP contribution in [-0.2, 0) is 16.4 Å². The van der Waals surface area contributed by atoms with Crippen molar-refractivity contribution in [1.29, 1.82) is 0 Å². The first kappa shape index (κ1) is 18.2. The van der Waals surface area contributed by atoms with Gasteiger partial charge in [0.05, 0.1) is 5.56 Å². The number of nitrogens with zero attached hydrogens (tertiary/aromatic N) is 2. The number of halogens is 2. The van der Waals surface area contributed by atoms with Crippen molar-refractivity contribution < 1.29 is 26.8 Å². The lowest BCUT2D eigenvalue weighted by Crippen LogP contribution is -2.03. The standard InChI is InChI=1S/C17H14F2N2O4S/c1-9-3-10(7-20-6-9)17-16(14(8-22)25-21-17)11-4-13(19)15(5-12(11)18)26(2,23)24/h3-7,22H,8H2,1-2H3. The second-order valence-corrected chi connectivity index (χ2v) is 7.76. The Morgan fingerprint density at radius 1 is 1.15 bits per heavy atom. The SMILES string of the molecule is Cc1cncc(-c2noc(CO)c2-c2cc(F)c(S(C)(=O)=O)cc2F)c1. The molecule has 1 aromatic carbocycles. The van der Waals surface area contributed by atoms with E-state index in [9.17, 15) is 22.3 Å². The van der Waals surface area contributed by atoms with Crippen LogP contribution in [-0.4, -0.2) is 29.9 Å². The number of rotatable bonds is 4. The average Bonchev–Trinajstić information content (AvgIpc) is 2.99. The Hall–Kier alpha value is -2.65. The largest absolute Gasteiger partial charge is 0.388 e. The van der Waals surface area contributed by atoms with Crippen molar-refractivity contribution in [2.45, 2.75) is 18.4 Å². The predicted octanol–water partition coefficient (Wildman–Crippen LogP) is 2.89. The van der Waals surface area contributed by atoms with Crippen LogP contribution in [0.5, 0.6) is 0 Å². The van der Waals surface area contributed by atoms with Gasteiger partial charge < -0.3 is 9.63 Å². The molecule has 0 aliphatic heterocycles. The van der Waals surface area contributed by atoms with Crippen LogP contribution in [0.15, 0.2) is 40.0 Å². The zero-order valence-corrected chi connectivity index (χ0v) is 14.6. The van der Waals surface area contributed by atoms with Crippen molar-refractivity contribution in [3.63, 3.8) is 0 Å². The molecule has 6 nitrogen and oxygen atoms in total. The van der Waals surface area contributed by atoms with E-state index in [1.165, 1.54) is 6.20 Å². The maximum atomic E-state index is 14.6. The van der Waals surface area contributed by atoms with Crippen molar-refractivity contribution in [3.8, 4) is 22.4 Å². The number of aromatic nitrogens is 2. The molecule has 0 aliphatic rings. The van der Waals surface area contributed by atoms with Gasteiger partial charge >= 0.3 is 0 Å². The minimum absolute atomic E-state index is 0.0383. The molecule has 0 unspecified atom stereocenters. The number of aryl methyl sites for hydroxylation is 1. The molecule has 136 valence electrons. The highest BCUT2D eigenvalue weighted by Gasteiger charge is 2.25. The van der Waals surface area contributed by atoms with Crippen LogP contribution in [0.3, 0.4) is 0 Å². The van der Waals surface area contributed by atoms with Crippen LogP contribution < -0.4 is 0 Å². The molecule has 3 aromatic rings. The van der Waals surface area contributed by atoms with Gasteiger partial charge in [-0.05, 0) is 30.7 Å². The van der Waals surface area contributed by atoms with Crippen molar-refractivity contribution in [2.24, 2.45) is 0 Å². The molecule has 0 saturated heterocycles. The van der Waals surface area contributed by atoms with Gasteiger partial charge in [-0.2, -0.15) is 0 Å². The lowest BCUT2D eigenvalue weighted by Gasteiger charge is -2.08. The Morgan fingerprint density at radius 3 is 2.50 bits per heavy atom. The summed E-state index contributed by atoms with van der Waals surface area (Å²) in [6, 6.07) is 3.07. The van der Waals surface area contributed by atoms with Gasteiger partial charge in [-0.15, -0.1) is 0 Å². The minimum atomic E-state index is -3.94. The molecule has 0 aliphatic carbocycles. The van der Waals surface area contributed by atoms with E-state index in [1.54, 1.807) is 19.2 Å². The van der Waals surface area contributed by atoms with E-state index in [4.69, 9.17) is 4.52 Å². The van der Waals surface area contributed by atoms with Crippen LogP contribution in [0.25, 0.3) is 22.4 Å². The van der Waals surface area contributed by atoms with Crippen molar-refractivity contribution in [2.75, 3.05) is 6.26 Å². The van der Waals surface area contributed by atoms with Gasteiger partial charge in [0.1, 0.15) is 28.8 Å². The monoisotopic (exact) mass is 380 g/mol. The second-order valence-electron chi connectivity index (χ2n) is 5.77. The molecule has 0 amide bonds. The van der Waals surface area contributed by atoms with E-state index in [2.05, 4.69) is 10.1 Å². The van der Waals surface area contributed by atoms with Gasteiger partial charge in [0.15, 0.2) is 15.6 Å². The molecule has 9 heteroatoms. The zero-order chi connectivity index (χ0) is 19.1. The van der Waals surface area contributed by atoms with Crippen molar-refractivity contribution in [3.05, 3.63) is 53.6 Å². The number of hydrogen-bond donors (Lipinski definition) is 1. The Morgan fingerprint density at radius 2 is 1.88 bits per heavy atom. The number of aliphatic hydroxyl groups excluding tert-OH is 1. The van der Waals surface area contributed by atoms with E-state index in [1.807, 2.05) is 0 Å². The summed E-state index contributed by atoms with van der Waals surface area (Å²) in [5, 5.41) is 13.3. The molecular formula is C17H14F2N2O4S. The summed E-state index contributed by atoms with van der Waals surface area (Å²) in [5.74, 6) is -2.17. The lowest BCUT2D eigenvalue weighted by molar-refractivity contribution is 0.230. The van der Waals surface area contributed by atoms with Gasteiger partial charge in [-0.25, -0.2) is 17.2 Å². The predicted molar refractivity (Wildman–Crippen MR) is 88.9 cm³/mol. The normalized spacial score (nSPS) is 11.7. The molecule has 2 aromatic heterocycles. The molecule has 0 spiro atoms. The first-order valence-electron chi connectivity index (χ1n) is 7.43. The minimum Gasteiger partial charge on any atom is -0.388 e. The molecule has 1 N–H and O–H groups in total. The number of pyridine rings is 1. The summed E-state index contributed by atoms with van der Waals surface area (Å²) in [6.45, 7) is 1.20. The summed E-state index contributed by atoms with van der Waals surface area (Å²) < 4.78 is 57.1. The maximum Gasteiger partial charge on any atom is 0.178 e. The Balaban J connectivity index is 2.28. The van der Waals surface area contributed by atoms with E-state index in [0.717, 1.165) is 17.9 Å². The zero-order valence-electron chi connectivity index (χ0n) is 13.8. The van der Waals surface area contributed by atoms with Gasteiger partial charge in [0.2, 0.25) is 0 Å². The van der Waals surface area contributed by atoms with Gasteiger partial charge in [-0.1, -0.05) is 5.16 Å². The van der Waals surface area contributed by atoms with E-state index in [-0.39, 0.29) is 22.6 Å². The molecule has 0 saturated carbocycles. The molecule has 0 atom stereocenters. The third-order valence-corrected chi connectivity index (χ3v) is 4.86. The summed E-state index contributed by atoms with van der Waals surface area (Å²) in [4.78, 5) is 3.28. The third-order valence-electron chi connectivity index (χ3n) is 3.75. The highest BCUT2D eigenvalue weighted by atomic mass is 32.2. The molecule has 0 bridgehead atoms. The molecule has 0 fully saturated rings. The second kappa shape index (κ2) is 6.58. The van der Waals surface area contributed by atoms with Crippen LogP contribution in [0.1, 0.15) is 11.3 Å². The number of hydrogen-bond acceptors (Lipinski definition) is 6. The summed E-state index contributed by atoms with van der Waals surface area (Å²) >= 11 is 0. The summed E-state index contributed by atoms with van der Waals surface area (Å²) in [5.41, 5.74) is 1.22. The van der Waals surface area contributed by atoms with Crippen LogP contribution >= 0.6 is 0 Å².